The summed E-state index contributed by atoms with van der Waals surface area (Å²) in [7, 11) is 0. The number of amides is 2. The van der Waals surface area contributed by atoms with Crippen molar-refractivity contribution in [3.05, 3.63) is 29.8 Å². The summed E-state index contributed by atoms with van der Waals surface area (Å²) in [6, 6.07) is 8.17. The molecule has 2 saturated carbocycles. The van der Waals surface area contributed by atoms with Gasteiger partial charge in [0.05, 0.1) is 0 Å². The number of hydrogen-bond acceptors (Lipinski definition) is 3. The first-order valence-corrected chi connectivity index (χ1v) is 11.0. The lowest BCUT2D eigenvalue weighted by Crippen LogP contribution is -2.43. The van der Waals surface area contributed by atoms with E-state index in [-0.39, 0.29) is 17.9 Å². The number of anilines is 1. The summed E-state index contributed by atoms with van der Waals surface area (Å²) in [6.45, 7) is 2.92. The molecule has 0 spiro atoms. The van der Waals surface area contributed by atoms with Crippen LogP contribution in [0.25, 0.3) is 0 Å². The second-order valence-corrected chi connectivity index (χ2v) is 8.60. The van der Waals surface area contributed by atoms with Crippen LogP contribution in [-0.4, -0.2) is 41.5 Å². The molecular formula is C23H32N2O3. The molecule has 0 radical (unpaired) electrons. The zero-order valence-corrected chi connectivity index (χ0v) is 16.9. The highest BCUT2D eigenvalue weighted by atomic mass is 16.5. The number of nitrogens with zero attached hydrogens (tertiary/aromatic N) is 1. The quantitative estimate of drug-likeness (QED) is 0.792. The molecule has 1 aromatic carbocycles. The van der Waals surface area contributed by atoms with Gasteiger partial charge in [0.1, 0.15) is 6.10 Å². The Kier molecular flexibility index (Phi) is 6.00. The highest BCUT2D eigenvalue weighted by Gasteiger charge is 2.39. The van der Waals surface area contributed by atoms with Crippen molar-refractivity contribution in [2.45, 2.75) is 82.9 Å². The number of carbonyl (C=O) groups is 2. The Balaban J connectivity index is 1.44. The van der Waals surface area contributed by atoms with Crippen LogP contribution < -0.4 is 5.32 Å². The molecule has 1 aliphatic heterocycles. The second kappa shape index (κ2) is 8.64. The van der Waals surface area contributed by atoms with E-state index in [1.807, 2.05) is 24.3 Å². The molecule has 1 unspecified atom stereocenters. The lowest BCUT2D eigenvalue weighted by Gasteiger charge is -2.37. The molecule has 5 nitrogen and oxygen atoms in total. The topological polar surface area (TPSA) is 58.6 Å². The van der Waals surface area contributed by atoms with Crippen molar-refractivity contribution in [1.82, 2.24) is 4.90 Å². The maximum atomic E-state index is 13.4. The fourth-order valence-electron chi connectivity index (χ4n) is 4.70. The lowest BCUT2D eigenvalue weighted by atomic mass is 9.83. The summed E-state index contributed by atoms with van der Waals surface area (Å²) < 4.78 is 5.45. The number of ether oxygens (including phenoxy) is 1. The number of rotatable bonds is 6. The normalized spacial score (nSPS) is 27.4. The minimum Gasteiger partial charge on any atom is -0.368 e. The fraction of sp³-hybridized carbons (Fsp3) is 0.652. The molecule has 3 fully saturated rings. The van der Waals surface area contributed by atoms with E-state index in [0.717, 1.165) is 44.4 Å². The molecule has 1 heterocycles. The van der Waals surface area contributed by atoms with E-state index in [1.165, 1.54) is 19.3 Å². The maximum Gasteiger partial charge on any atom is 0.254 e. The summed E-state index contributed by atoms with van der Waals surface area (Å²) in [5.41, 5.74) is 1.35. The van der Waals surface area contributed by atoms with Crippen LogP contribution >= 0.6 is 0 Å². The first-order chi connectivity index (χ1) is 13.7. The van der Waals surface area contributed by atoms with Gasteiger partial charge >= 0.3 is 0 Å². The first-order valence-electron chi connectivity index (χ1n) is 11.0. The molecule has 5 heteroatoms. The summed E-state index contributed by atoms with van der Waals surface area (Å²) in [4.78, 5) is 27.8. The van der Waals surface area contributed by atoms with Gasteiger partial charge < -0.3 is 15.0 Å². The fourth-order valence-corrected chi connectivity index (χ4v) is 4.70. The van der Waals surface area contributed by atoms with Gasteiger partial charge in [0.25, 0.3) is 11.8 Å². The van der Waals surface area contributed by atoms with E-state index in [1.54, 1.807) is 0 Å². The zero-order valence-electron chi connectivity index (χ0n) is 16.9. The number of benzene rings is 1. The summed E-state index contributed by atoms with van der Waals surface area (Å²) in [6.07, 6.45) is 9.51. The van der Waals surface area contributed by atoms with Crippen molar-refractivity contribution in [3.8, 4) is 0 Å². The van der Waals surface area contributed by atoms with Gasteiger partial charge in [0.2, 0.25) is 0 Å². The van der Waals surface area contributed by atoms with Crippen molar-refractivity contribution in [2.75, 3.05) is 11.9 Å². The van der Waals surface area contributed by atoms with Crippen molar-refractivity contribution < 1.29 is 14.3 Å². The highest BCUT2D eigenvalue weighted by molar-refractivity contribution is 5.98. The first kappa shape index (κ1) is 19.4. The predicted octanol–water partition coefficient (Wildman–Crippen LogP) is 4.38. The van der Waals surface area contributed by atoms with Gasteiger partial charge in [-0.15, -0.1) is 0 Å². The molecule has 0 aromatic heterocycles. The van der Waals surface area contributed by atoms with Crippen LogP contribution in [0.2, 0.25) is 0 Å². The summed E-state index contributed by atoms with van der Waals surface area (Å²) in [5.74, 6) is 0.832. The van der Waals surface area contributed by atoms with Crippen LogP contribution in [0.15, 0.2) is 24.3 Å². The molecule has 2 amide bonds. The van der Waals surface area contributed by atoms with E-state index in [0.29, 0.717) is 29.9 Å². The van der Waals surface area contributed by atoms with Crippen molar-refractivity contribution in [2.24, 2.45) is 5.92 Å². The van der Waals surface area contributed by atoms with Gasteiger partial charge in [0, 0.05) is 29.9 Å². The van der Waals surface area contributed by atoms with E-state index >= 15 is 0 Å². The van der Waals surface area contributed by atoms with Gasteiger partial charge in [-0.25, -0.2) is 0 Å². The minimum atomic E-state index is -0.365. The van der Waals surface area contributed by atoms with Crippen LogP contribution in [0.5, 0.6) is 0 Å². The SMILES string of the molecule is CCC1CCC(N(C(=O)c2cccc(NC(=O)C3CCCO3)c2)C2CC2)CC1. The number of nitrogens with one attached hydrogen (secondary N) is 1. The molecule has 1 N–H and O–H groups in total. The van der Waals surface area contributed by atoms with E-state index in [9.17, 15) is 9.59 Å². The molecule has 28 heavy (non-hydrogen) atoms. The Labute approximate surface area is 167 Å². The molecule has 2 aliphatic carbocycles. The van der Waals surface area contributed by atoms with Crippen LogP contribution in [0.3, 0.4) is 0 Å². The Hall–Kier alpha value is -1.88. The van der Waals surface area contributed by atoms with Gasteiger partial charge in [-0.1, -0.05) is 19.4 Å². The van der Waals surface area contributed by atoms with Gasteiger partial charge in [0.15, 0.2) is 0 Å². The molecule has 4 rings (SSSR count). The number of carbonyl (C=O) groups excluding carboxylic acids is 2. The molecule has 1 atom stereocenters. The Morgan fingerprint density at radius 1 is 1.07 bits per heavy atom. The van der Waals surface area contributed by atoms with E-state index in [4.69, 9.17) is 4.74 Å². The summed E-state index contributed by atoms with van der Waals surface area (Å²) >= 11 is 0. The largest absolute Gasteiger partial charge is 0.368 e. The van der Waals surface area contributed by atoms with Crippen molar-refractivity contribution in [3.63, 3.8) is 0 Å². The average Bonchev–Trinajstić information content (AvgIpc) is 3.39. The third-order valence-electron chi connectivity index (χ3n) is 6.56. The van der Waals surface area contributed by atoms with E-state index < -0.39 is 0 Å². The number of hydrogen-bond donors (Lipinski definition) is 1. The lowest BCUT2D eigenvalue weighted by molar-refractivity contribution is -0.124. The molecule has 1 aromatic rings. The van der Waals surface area contributed by atoms with Gasteiger partial charge in [-0.05, 0) is 75.5 Å². The third kappa shape index (κ3) is 4.40. The van der Waals surface area contributed by atoms with Gasteiger partial charge in [-0.3, -0.25) is 9.59 Å². The molecule has 3 aliphatic rings. The van der Waals surface area contributed by atoms with E-state index in [2.05, 4.69) is 17.1 Å². The molecule has 152 valence electrons. The van der Waals surface area contributed by atoms with Crippen molar-refractivity contribution >= 4 is 17.5 Å². The maximum absolute atomic E-state index is 13.4. The van der Waals surface area contributed by atoms with Gasteiger partial charge in [-0.2, -0.15) is 0 Å². The van der Waals surface area contributed by atoms with Crippen LogP contribution in [0.1, 0.15) is 75.1 Å². The van der Waals surface area contributed by atoms with Crippen LogP contribution in [0.4, 0.5) is 5.69 Å². The predicted molar refractivity (Wildman–Crippen MR) is 109 cm³/mol. The third-order valence-corrected chi connectivity index (χ3v) is 6.56. The van der Waals surface area contributed by atoms with Crippen molar-refractivity contribution in [1.29, 1.82) is 0 Å². The zero-order chi connectivity index (χ0) is 19.5. The average molecular weight is 385 g/mol. The standard InChI is InChI=1S/C23H32N2O3/c1-2-16-8-10-19(11-9-16)25(20-12-13-20)23(27)17-5-3-6-18(15-17)24-22(26)21-7-4-14-28-21/h3,5-6,15-16,19-21H,2,4,7-14H2,1H3,(H,24,26). The van der Waals surface area contributed by atoms with Crippen LogP contribution in [-0.2, 0) is 9.53 Å². The molecular weight excluding hydrogens is 352 g/mol. The monoisotopic (exact) mass is 384 g/mol. The van der Waals surface area contributed by atoms with Crippen LogP contribution in [0, 0.1) is 5.92 Å². The molecule has 1 saturated heterocycles. The Morgan fingerprint density at radius 3 is 2.39 bits per heavy atom. The minimum absolute atomic E-state index is 0.112. The Morgan fingerprint density at radius 2 is 1.79 bits per heavy atom. The smallest absolute Gasteiger partial charge is 0.254 e. The molecule has 0 bridgehead atoms. The second-order valence-electron chi connectivity index (χ2n) is 8.60. The summed E-state index contributed by atoms with van der Waals surface area (Å²) in [5, 5.41) is 2.92. The Bertz CT molecular complexity index is 702. The highest BCUT2D eigenvalue weighted by Crippen LogP contribution is 2.37.